The second-order valence-corrected chi connectivity index (χ2v) is 9.09. The number of amides is 1. The molecular weight excluding hydrogens is 479 g/mol. The number of hydrogen-bond acceptors (Lipinski definition) is 7. The summed E-state index contributed by atoms with van der Waals surface area (Å²) >= 11 is 0. The molecule has 3 atom stereocenters. The monoisotopic (exact) mass is 503 g/mol. The quantitative estimate of drug-likeness (QED) is 0.564. The average Bonchev–Trinajstić information content (AvgIpc) is 3.44. The Balaban J connectivity index is 1.59. The molecule has 0 bridgehead atoms. The van der Waals surface area contributed by atoms with E-state index in [4.69, 9.17) is 9.47 Å². The summed E-state index contributed by atoms with van der Waals surface area (Å²) in [6.07, 6.45) is -3.22. The van der Waals surface area contributed by atoms with Gasteiger partial charge >= 0.3 is 6.18 Å². The summed E-state index contributed by atoms with van der Waals surface area (Å²) in [5.74, 6) is -1.52. The first kappa shape index (κ1) is 24.2. The van der Waals surface area contributed by atoms with E-state index >= 15 is 0 Å². The predicted octanol–water partition coefficient (Wildman–Crippen LogP) is 3.28. The number of fused-ring (bicyclic) bond motifs is 2. The van der Waals surface area contributed by atoms with Crippen molar-refractivity contribution in [3.63, 3.8) is 0 Å². The molecule has 0 radical (unpaired) electrons. The Morgan fingerprint density at radius 2 is 2.03 bits per heavy atom. The van der Waals surface area contributed by atoms with Crippen molar-refractivity contribution in [2.75, 3.05) is 16.8 Å². The molecule has 3 aromatic rings. The Morgan fingerprint density at radius 1 is 1.25 bits per heavy atom. The molecule has 9 nitrogen and oxygen atoms in total. The van der Waals surface area contributed by atoms with Crippen LogP contribution in [0.3, 0.4) is 0 Å². The lowest BCUT2D eigenvalue weighted by Crippen LogP contribution is -2.47. The molecule has 0 spiro atoms. The van der Waals surface area contributed by atoms with E-state index in [0.29, 0.717) is 0 Å². The van der Waals surface area contributed by atoms with Gasteiger partial charge in [0.2, 0.25) is 0 Å². The van der Waals surface area contributed by atoms with Crippen molar-refractivity contribution < 1.29 is 32.5 Å². The van der Waals surface area contributed by atoms with E-state index in [0.717, 1.165) is 17.6 Å². The maximum atomic E-state index is 13.7. The fourth-order valence-corrected chi connectivity index (χ4v) is 4.67. The van der Waals surface area contributed by atoms with Gasteiger partial charge in [0.05, 0.1) is 23.4 Å². The normalized spacial score (nSPS) is 24.5. The number of alkyl halides is 3. The van der Waals surface area contributed by atoms with E-state index in [1.807, 2.05) is 6.07 Å². The molecule has 2 aliphatic rings. The molecular formula is C24H24F3N5O4. The third kappa shape index (κ3) is 4.31. The number of aliphatic hydroxyl groups excluding tert-OH is 1. The molecule has 0 aromatic carbocycles. The lowest BCUT2D eigenvalue weighted by molar-refractivity contribution is -0.150. The molecule has 2 saturated heterocycles. The second kappa shape index (κ2) is 8.57. The summed E-state index contributed by atoms with van der Waals surface area (Å²) in [5, 5.41) is 16.8. The molecule has 0 saturated carbocycles. The lowest BCUT2D eigenvalue weighted by atomic mass is 10.1. The summed E-state index contributed by atoms with van der Waals surface area (Å²) in [7, 11) is 0. The number of carbonyl (C=O) groups is 1. The van der Waals surface area contributed by atoms with Gasteiger partial charge < -0.3 is 24.8 Å². The Morgan fingerprint density at radius 3 is 2.75 bits per heavy atom. The van der Waals surface area contributed by atoms with E-state index < -0.39 is 48.3 Å². The molecule has 0 aliphatic carbocycles. The van der Waals surface area contributed by atoms with E-state index in [2.05, 4.69) is 15.4 Å². The molecule has 5 rings (SSSR count). The number of pyridine rings is 1. The number of aryl methyl sites for hydroxylation is 1. The summed E-state index contributed by atoms with van der Waals surface area (Å²) in [6, 6.07) is 7.68. The number of hydrogen-bond donors (Lipinski definition) is 2. The summed E-state index contributed by atoms with van der Waals surface area (Å²) < 4.78 is 54.5. The van der Waals surface area contributed by atoms with Gasteiger partial charge in [-0.3, -0.25) is 4.79 Å². The zero-order chi connectivity index (χ0) is 25.8. The number of aromatic nitrogens is 3. The minimum Gasteiger partial charge on any atom is -0.392 e. The van der Waals surface area contributed by atoms with Gasteiger partial charge in [-0.1, -0.05) is 0 Å². The number of ether oxygens (including phenoxy) is 2. The average molecular weight is 503 g/mol. The van der Waals surface area contributed by atoms with Crippen molar-refractivity contribution in [1.29, 1.82) is 0 Å². The molecule has 5 heterocycles. The van der Waals surface area contributed by atoms with Crippen molar-refractivity contribution in [2.24, 2.45) is 0 Å². The van der Waals surface area contributed by atoms with Gasteiger partial charge in [0.25, 0.3) is 5.91 Å². The highest BCUT2D eigenvalue weighted by atomic mass is 19.4. The number of carbonyl (C=O) groups excluding carboxylic acids is 1. The molecule has 190 valence electrons. The zero-order valence-electron chi connectivity index (χ0n) is 19.7. The molecule has 3 aromatic heterocycles. The Kier molecular flexibility index (Phi) is 5.77. The highest BCUT2D eigenvalue weighted by Crippen LogP contribution is 2.45. The molecule has 36 heavy (non-hydrogen) atoms. The van der Waals surface area contributed by atoms with Crippen LogP contribution in [0.5, 0.6) is 0 Å². The molecule has 0 unspecified atom stereocenters. The van der Waals surface area contributed by atoms with Gasteiger partial charge in [-0.15, -0.1) is 0 Å². The molecule has 2 aliphatic heterocycles. The van der Waals surface area contributed by atoms with E-state index in [-0.39, 0.29) is 23.0 Å². The van der Waals surface area contributed by atoms with Gasteiger partial charge in [-0.2, -0.15) is 18.3 Å². The van der Waals surface area contributed by atoms with Crippen LogP contribution < -0.4 is 10.2 Å². The molecule has 1 amide bonds. The maximum absolute atomic E-state index is 13.7. The van der Waals surface area contributed by atoms with Gasteiger partial charge in [-0.05, 0) is 63.2 Å². The van der Waals surface area contributed by atoms with Crippen molar-refractivity contribution >= 4 is 23.1 Å². The van der Waals surface area contributed by atoms with Crippen LogP contribution >= 0.6 is 0 Å². The van der Waals surface area contributed by atoms with Crippen LogP contribution in [0.25, 0.3) is 5.52 Å². The topological polar surface area (TPSA) is 101 Å². The third-order valence-corrected chi connectivity index (χ3v) is 6.01. The first-order chi connectivity index (χ1) is 17.0. The van der Waals surface area contributed by atoms with Gasteiger partial charge in [0.15, 0.2) is 11.6 Å². The van der Waals surface area contributed by atoms with Crippen LogP contribution in [0.4, 0.5) is 24.8 Å². The summed E-state index contributed by atoms with van der Waals surface area (Å²) in [5.41, 5.74) is 0.308. The maximum Gasteiger partial charge on any atom is 0.416 e. The first-order valence-corrected chi connectivity index (χ1v) is 11.2. The summed E-state index contributed by atoms with van der Waals surface area (Å²) in [4.78, 5) is 19.3. The van der Waals surface area contributed by atoms with Crippen LogP contribution in [0.2, 0.25) is 0 Å². The second-order valence-electron chi connectivity index (χ2n) is 9.09. The molecule has 12 heteroatoms. The van der Waals surface area contributed by atoms with Crippen LogP contribution in [-0.2, 0) is 20.4 Å². The fourth-order valence-electron chi connectivity index (χ4n) is 4.67. The predicted molar refractivity (Wildman–Crippen MR) is 123 cm³/mol. The third-order valence-electron chi connectivity index (χ3n) is 6.01. The number of nitrogens with zero attached hydrogens (tertiary/aromatic N) is 4. The first-order valence-electron chi connectivity index (χ1n) is 11.2. The smallest absolute Gasteiger partial charge is 0.392 e. The highest BCUT2D eigenvalue weighted by Gasteiger charge is 2.58. The fraction of sp³-hybridized carbons (Fsp3) is 0.375. The number of rotatable bonds is 4. The standard InChI is InChI=1S/C24H24F3N5O4/c1-13-11-14(24(25,26)27)12-18(28-13)32-16(8-10-33)20-21(36-23(2,3)35-20)19(32)22(34)29-17-7-6-15-5-4-9-31(15)30-17/h4-9,11-12,19-21,33H,10H2,1-3H3,(H,29,30,34)/t19-,20-,21-/m0/s1. The Labute approximate surface area is 204 Å². The molecule has 2 fully saturated rings. The minimum atomic E-state index is -4.62. The SMILES string of the molecule is Cc1cc(C(F)(F)F)cc(N2C(=CCO)[C@@H]3OC(C)(C)O[C@H]3[C@H]2C(=O)Nc2ccc3cccn3n2)n1. The van der Waals surface area contributed by atoms with Gasteiger partial charge in [-0.25, -0.2) is 9.50 Å². The minimum absolute atomic E-state index is 0.112. The van der Waals surface area contributed by atoms with Gasteiger partial charge in [0, 0.05) is 11.9 Å². The van der Waals surface area contributed by atoms with Crippen molar-refractivity contribution in [2.45, 2.75) is 51.0 Å². The van der Waals surface area contributed by atoms with E-state index in [1.165, 1.54) is 17.9 Å². The zero-order valence-corrected chi connectivity index (χ0v) is 19.7. The van der Waals surface area contributed by atoms with Crippen molar-refractivity contribution in [3.05, 3.63) is 65.6 Å². The van der Waals surface area contributed by atoms with Crippen LogP contribution in [0.1, 0.15) is 25.1 Å². The highest BCUT2D eigenvalue weighted by molar-refractivity contribution is 5.98. The van der Waals surface area contributed by atoms with Crippen molar-refractivity contribution in [3.8, 4) is 0 Å². The largest absolute Gasteiger partial charge is 0.416 e. The van der Waals surface area contributed by atoms with Crippen molar-refractivity contribution in [1.82, 2.24) is 14.6 Å². The summed E-state index contributed by atoms with van der Waals surface area (Å²) in [6.45, 7) is 4.36. The molecule has 2 N–H and O–H groups in total. The van der Waals surface area contributed by atoms with E-state index in [1.54, 1.807) is 42.8 Å². The number of anilines is 2. The Hall–Kier alpha value is -3.48. The Bertz CT molecular complexity index is 1350. The van der Waals surface area contributed by atoms with Crippen LogP contribution in [0.15, 0.2) is 54.4 Å². The van der Waals surface area contributed by atoms with E-state index in [9.17, 15) is 23.1 Å². The number of nitrogens with one attached hydrogen (secondary N) is 1. The van der Waals surface area contributed by atoms with Crippen LogP contribution in [0, 0.1) is 6.92 Å². The van der Waals surface area contributed by atoms with Crippen LogP contribution in [-0.4, -0.2) is 56.3 Å². The number of halogens is 3. The lowest BCUT2D eigenvalue weighted by Gasteiger charge is -2.31. The van der Waals surface area contributed by atoms with Gasteiger partial charge in [0.1, 0.15) is 24.1 Å². The number of aliphatic hydroxyl groups is 1.